The Hall–Kier alpha value is -2.31. The van der Waals surface area contributed by atoms with E-state index in [1.54, 1.807) is 12.3 Å². The summed E-state index contributed by atoms with van der Waals surface area (Å²) in [6, 6.07) is 9.52. The summed E-state index contributed by atoms with van der Waals surface area (Å²) in [5.41, 5.74) is 1.95. The van der Waals surface area contributed by atoms with Gasteiger partial charge in [0.1, 0.15) is 11.0 Å². The highest BCUT2D eigenvalue weighted by atomic mass is 35.5. The van der Waals surface area contributed by atoms with E-state index in [9.17, 15) is 0 Å². The standard InChI is InChI=1S/C21H24Cl2N6/c22-15-5-6-16-17(7-10-25-18(16)13-15)24-8-4-9-26-20-14-19(23)27-21(28-20)29-11-2-1-3-12-29/h5-7,10,13-14H,1-4,8-9,11-12H2,(H,24,25)(H,26,27,28). The summed E-state index contributed by atoms with van der Waals surface area (Å²) in [6.07, 6.45) is 6.36. The van der Waals surface area contributed by atoms with Gasteiger partial charge in [-0.15, -0.1) is 0 Å². The van der Waals surface area contributed by atoms with Crippen molar-refractivity contribution in [2.75, 3.05) is 41.7 Å². The van der Waals surface area contributed by atoms with Gasteiger partial charge < -0.3 is 15.5 Å². The molecule has 0 unspecified atom stereocenters. The first kappa shape index (κ1) is 20.0. The normalized spacial score (nSPS) is 14.2. The smallest absolute Gasteiger partial charge is 0.228 e. The number of hydrogen-bond donors (Lipinski definition) is 2. The van der Waals surface area contributed by atoms with Crippen LogP contribution in [0.5, 0.6) is 0 Å². The molecule has 4 rings (SSSR count). The van der Waals surface area contributed by atoms with E-state index in [1.807, 2.05) is 24.3 Å². The summed E-state index contributed by atoms with van der Waals surface area (Å²) in [5.74, 6) is 1.49. The van der Waals surface area contributed by atoms with Gasteiger partial charge in [0, 0.05) is 54.5 Å². The maximum Gasteiger partial charge on any atom is 0.228 e. The van der Waals surface area contributed by atoms with Crippen molar-refractivity contribution in [3.63, 3.8) is 0 Å². The van der Waals surface area contributed by atoms with Crippen molar-refractivity contribution >= 4 is 51.6 Å². The molecule has 29 heavy (non-hydrogen) atoms. The van der Waals surface area contributed by atoms with Crippen LogP contribution in [0.4, 0.5) is 17.5 Å². The van der Waals surface area contributed by atoms with E-state index in [0.717, 1.165) is 61.0 Å². The average Bonchev–Trinajstić information content (AvgIpc) is 2.73. The molecule has 0 amide bonds. The summed E-state index contributed by atoms with van der Waals surface area (Å²) >= 11 is 12.3. The summed E-state index contributed by atoms with van der Waals surface area (Å²) in [7, 11) is 0. The maximum absolute atomic E-state index is 6.21. The Labute approximate surface area is 180 Å². The zero-order valence-corrected chi connectivity index (χ0v) is 17.7. The molecule has 3 heterocycles. The fourth-order valence-electron chi connectivity index (χ4n) is 3.53. The van der Waals surface area contributed by atoms with Crippen molar-refractivity contribution in [2.24, 2.45) is 0 Å². The molecule has 2 N–H and O–H groups in total. The molecule has 1 aliphatic rings. The second-order valence-corrected chi connectivity index (χ2v) is 7.97. The van der Waals surface area contributed by atoms with Crippen LogP contribution in [-0.4, -0.2) is 41.1 Å². The van der Waals surface area contributed by atoms with Gasteiger partial charge in [-0.1, -0.05) is 23.2 Å². The van der Waals surface area contributed by atoms with Gasteiger partial charge in [0.2, 0.25) is 5.95 Å². The second-order valence-electron chi connectivity index (χ2n) is 7.15. The monoisotopic (exact) mass is 430 g/mol. The first-order chi connectivity index (χ1) is 14.2. The minimum atomic E-state index is 0.475. The second kappa shape index (κ2) is 9.46. The van der Waals surface area contributed by atoms with Crippen molar-refractivity contribution in [1.82, 2.24) is 15.0 Å². The number of hydrogen-bond acceptors (Lipinski definition) is 6. The molecular formula is C21H24Cl2N6. The van der Waals surface area contributed by atoms with E-state index in [4.69, 9.17) is 23.2 Å². The highest BCUT2D eigenvalue weighted by molar-refractivity contribution is 6.31. The Morgan fingerprint density at radius 2 is 1.76 bits per heavy atom. The Balaban J connectivity index is 1.30. The summed E-state index contributed by atoms with van der Waals surface area (Å²) < 4.78 is 0. The van der Waals surface area contributed by atoms with Crippen LogP contribution in [0.3, 0.4) is 0 Å². The van der Waals surface area contributed by atoms with Gasteiger partial charge in [-0.2, -0.15) is 4.98 Å². The Bertz CT molecular complexity index is 975. The van der Waals surface area contributed by atoms with Crippen molar-refractivity contribution in [3.8, 4) is 0 Å². The molecule has 0 aliphatic carbocycles. The zero-order chi connectivity index (χ0) is 20.1. The highest BCUT2D eigenvalue weighted by Crippen LogP contribution is 2.24. The molecule has 1 saturated heterocycles. The van der Waals surface area contributed by atoms with E-state index in [-0.39, 0.29) is 0 Å². The average molecular weight is 431 g/mol. The van der Waals surface area contributed by atoms with Crippen LogP contribution in [0.15, 0.2) is 36.5 Å². The predicted octanol–water partition coefficient (Wildman–Crippen LogP) is 5.24. The molecule has 1 aromatic carbocycles. The molecule has 6 nitrogen and oxygen atoms in total. The number of piperidine rings is 1. The third-order valence-electron chi connectivity index (χ3n) is 5.00. The largest absolute Gasteiger partial charge is 0.384 e. The Kier molecular flexibility index (Phi) is 6.52. The van der Waals surface area contributed by atoms with Crippen molar-refractivity contribution in [1.29, 1.82) is 0 Å². The van der Waals surface area contributed by atoms with Crippen LogP contribution in [0, 0.1) is 0 Å². The van der Waals surface area contributed by atoms with E-state index >= 15 is 0 Å². The van der Waals surface area contributed by atoms with E-state index < -0.39 is 0 Å². The first-order valence-corrected chi connectivity index (χ1v) is 10.8. The molecule has 0 atom stereocenters. The minimum Gasteiger partial charge on any atom is -0.384 e. The van der Waals surface area contributed by atoms with E-state index in [1.165, 1.54) is 19.3 Å². The van der Waals surface area contributed by atoms with Gasteiger partial charge >= 0.3 is 0 Å². The van der Waals surface area contributed by atoms with Crippen molar-refractivity contribution in [3.05, 3.63) is 46.7 Å². The molecule has 8 heteroatoms. The molecule has 0 bridgehead atoms. The zero-order valence-electron chi connectivity index (χ0n) is 16.2. The number of fused-ring (bicyclic) bond motifs is 1. The summed E-state index contributed by atoms with van der Waals surface area (Å²) in [4.78, 5) is 15.6. The Morgan fingerprint density at radius 3 is 2.62 bits per heavy atom. The number of nitrogens with zero attached hydrogens (tertiary/aromatic N) is 4. The van der Waals surface area contributed by atoms with Crippen molar-refractivity contribution in [2.45, 2.75) is 25.7 Å². The van der Waals surface area contributed by atoms with E-state index in [2.05, 4.69) is 30.5 Å². The highest BCUT2D eigenvalue weighted by Gasteiger charge is 2.15. The Morgan fingerprint density at radius 1 is 0.931 bits per heavy atom. The quantitative estimate of drug-likeness (QED) is 0.394. The number of rotatable bonds is 7. The van der Waals surface area contributed by atoms with Crippen LogP contribution >= 0.6 is 23.2 Å². The van der Waals surface area contributed by atoms with Crippen LogP contribution < -0.4 is 15.5 Å². The molecule has 152 valence electrons. The van der Waals surface area contributed by atoms with Crippen LogP contribution in [0.25, 0.3) is 10.9 Å². The van der Waals surface area contributed by atoms with Crippen LogP contribution in [0.1, 0.15) is 25.7 Å². The van der Waals surface area contributed by atoms with Gasteiger partial charge in [0.05, 0.1) is 5.52 Å². The molecule has 3 aromatic rings. The lowest BCUT2D eigenvalue weighted by atomic mass is 10.1. The molecule has 0 radical (unpaired) electrons. The number of benzene rings is 1. The molecule has 0 saturated carbocycles. The number of pyridine rings is 1. The molecule has 1 fully saturated rings. The minimum absolute atomic E-state index is 0.475. The topological polar surface area (TPSA) is 66.0 Å². The molecule has 2 aromatic heterocycles. The third kappa shape index (κ3) is 5.19. The lowest BCUT2D eigenvalue weighted by Gasteiger charge is -2.26. The predicted molar refractivity (Wildman–Crippen MR) is 121 cm³/mol. The first-order valence-electron chi connectivity index (χ1n) is 10.0. The number of anilines is 3. The fourth-order valence-corrected chi connectivity index (χ4v) is 3.88. The van der Waals surface area contributed by atoms with Gasteiger partial charge in [-0.25, -0.2) is 4.98 Å². The fraction of sp³-hybridized carbons (Fsp3) is 0.381. The van der Waals surface area contributed by atoms with Gasteiger partial charge in [0.15, 0.2) is 0 Å². The van der Waals surface area contributed by atoms with E-state index in [0.29, 0.717) is 10.2 Å². The van der Waals surface area contributed by atoms with Crippen molar-refractivity contribution < 1.29 is 0 Å². The number of nitrogens with one attached hydrogen (secondary N) is 2. The molecular weight excluding hydrogens is 407 g/mol. The molecule has 1 aliphatic heterocycles. The van der Waals surface area contributed by atoms with Crippen LogP contribution in [0.2, 0.25) is 10.2 Å². The lowest BCUT2D eigenvalue weighted by Crippen LogP contribution is -2.31. The maximum atomic E-state index is 6.21. The number of halogens is 2. The summed E-state index contributed by atoms with van der Waals surface area (Å²) in [5, 5.41) is 9.08. The number of aromatic nitrogens is 3. The van der Waals surface area contributed by atoms with Gasteiger partial charge in [0.25, 0.3) is 0 Å². The van der Waals surface area contributed by atoms with Crippen LogP contribution in [-0.2, 0) is 0 Å². The lowest BCUT2D eigenvalue weighted by molar-refractivity contribution is 0.568. The van der Waals surface area contributed by atoms with Gasteiger partial charge in [-0.05, 0) is 49.9 Å². The third-order valence-corrected chi connectivity index (χ3v) is 5.43. The summed E-state index contributed by atoms with van der Waals surface area (Å²) in [6.45, 7) is 3.60. The molecule has 0 spiro atoms. The SMILES string of the molecule is Clc1ccc2c(NCCCNc3cc(Cl)nc(N4CCCCC4)n3)ccnc2c1. The van der Waals surface area contributed by atoms with Gasteiger partial charge in [-0.3, -0.25) is 4.98 Å².